The molecule has 0 amide bonds. The summed E-state index contributed by atoms with van der Waals surface area (Å²) in [6.45, 7) is 0.559. The van der Waals surface area contributed by atoms with Crippen molar-refractivity contribution in [2.24, 2.45) is 0 Å². The predicted octanol–water partition coefficient (Wildman–Crippen LogP) is 5.05. The van der Waals surface area contributed by atoms with E-state index in [1.54, 1.807) is 30.3 Å². The summed E-state index contributed by atoms with van der Waals surface area (Å²) in [5.74, 6) is -0.235. The minimum absolute atomic E-state index is 0.235. The number of rotatable bonds is 6. The second kappa shape index (κ2) is 7.77. The van der Waals surface area contributed by atoms with Gasteiger partial charge in [-0.2, -0.15) is 0 Å². The van der Waals surface area contributed by atoms with Gasteiger partial charge in [-0.05, 0) is 42.3 Å². The molecule has 2 rings (SSSR count). The molecule has 2 N–H and O–H groups in total. The van der Waals surface area contributed by atoms with E-state index in [1.807, 2.05) is 0 Å². The van der Waals surface area contributed by atoms with Crippen molar-refractivity contribution in [1.82, 2.24) is 5.43 Å². The molecule has 0 aliphatic carbocycles. The van der Waals surface area contributed by atoms with E-state index in [4.69, 9.17) is 23.2 Å². The summed E-state index contributed by atoms with van der Waals surface area (Å²) >= 11 is 11.8. The maximum absolute atomic E-state index is 12.0. The van der Waals surface area contributed by atoms with Crippen molar-refractivity contribution >= 4 is 28.9 Å². The van der Waals surface area contributed by atoms with Crippen LogP contribution in [0.5, 0.6) is 5.75 Å². The molecule has 0 unspecified atom stereocenters. The standard InChI is InChI=1S/C15H13Cl2F3N2O/c16-11-7-12(17)9-13(8-11)22-21-6-5-10-1-3-14(4-2-10)23-15(18,19)20/h1-4,7-9,21-22H,5-6H2. The van der Waals surface area contributed by atoms with E-state index >= 15 is 0 Å². The number of hydrazine groups is 1. The summed E-state index contributed by atoms with van der Waals surface area (Å²) in [6, 6.07) is 10.8. The van der Waals surface area contributed by atoms with Crippen LogP contribution < -0.4 is 15.6 Å². The van der Waals surface area contributed by atoms with Gasteiger partial charge in [0.05, 0.1) is 5.69 Å². The molecule has 0 aliphatic rings. The molecule has 2 aromatic carbocycles. The predicted molar refractivity (Wildman–Crippen MR) is 84.9 cm³/mol. The summed E-state index contributed by atoms with van der Waals surface area (Å²) in [5, 5.41) is 1.03. The lowest BCUT2D eigenvalue weighted by Gasteiger charge is -2.11. The molecule has 0 radical (unpaired) electrons. The molecule has 0 saturated heterocycles. The van der Waals surface area contributed by atoms with E-state index in [-0.39, 0.29) is 5.75 Å². The summed E-state index contributed by atoms with van der Waals surface area (Å²) < 4.78 is 40.0. The highest BCUT2D eigenvalue weighted by Gasteiger charge is 2.30. The van der Waals surface area contributed by atoms with Gasteiger partial charge < -0.3 is 10.2 Å². The van der Waals surface area contributed by atoms with Gasteiger partial charge in [0, 0.05) is 16.6 Å². The second-order valence-electron chi connectivity index (χ2n) is 4.65. The van der Waals surface area contributed by atoms with Gasteiger partial charge in [0.15, 0.2) is 0 Å². The maximum atomic E-state index is 12.0. The summed E-state index contributed by atoms with van der Waals surface area (Å²) in [7, 11) is 0. The SMILES string of the molecule is FC(F)(F)Oc1ccc(CCNNc2cc(Cl)cc(Cl)c2)cc1. The van der Waals surface area contributed by atoms with Gasteiger partial charge in [-0.25, -0.2) is 5.43 Å². The lowest BCUT2D eigenvalue weighted by molar-refractivity contribution is -0.274. The van der Waals surface area contributed by atoms with E-state index in [2.05, 4.69) is 15.6 Å². The van der Waals surface area contributed by atoms with E-state index in [9.17, 15) is 13.2 Å². The van der Waals surface area contributed by atoms with Crippen LogP contribution in [-0.4, -0.2) is 12.9 Å². The molecule has 0 atom stereocenters. The Morgan fingerprint density at radius 2 is 1.57 bits per heavy atom. The first-order valence-corrected chi connectivity index (χ1v) is 7.37. The quantitative estimate of drug-likeness (QED) is 0.555. The van der Waals surface area contributed by atoms with Crippen molar-refractivity contribution in [2.45, 2.75) is 12.8 Å². The number of hydrogen-bond donors (Lipinski definition) is 2. The minimum atomic E-state index is -4.68. The molecule has 2 aromatic rings. The van der Waals surface area contributed by atoms with Crippen molar-refractivity contribution in [3.63, 3.8) is 0 Å². The Morgan fingerprint density at radius 3 is 2.13 bits per heavy atom. The van der Waals surface area contributed by atoms with Crippen LogP contribution in [0.2, 0.25) is 10.0 Å². The number of alkyl halides is 3. The lowest BCUT2D eigenvalue weighted by Crippen LogP contribution is -2.24. The molecule has 124 valence electrons. The van der Waals surface area contributed by atoms with E-state index in [0.29, 0.717) is 23.0 Å². The topological polar surface area (TPSA) is 33.3 Å². The summed E-state index contributed by atoms with van der Waals surface area (Å²) in [6.07, 6.45) is -4.06. The smallest absolute Gasteiger partial charge is 0.406 e. The number of hydrogen-bond acceptors (Lipinski definition) is 3. The van der Waals surface area contributed by atoms with E-state index < -0.39 is 6.36 Å². The van der Waals surface area contributed by atoms with Gasteiger partial charge in [0.2, 0.25) is 0 Å². The van der Waals surface area contributed by atoms with Crippen LogP contribution in [0.25, 0.3) is 0 Å². The number of halogens is 5. The maximum Gasteiger partial charge on any atom is 0.573 e. The molecule has 23 heavy (non-hydrogen) atoms. The Hall–Kier alpha value is -1.63. The van der Waals surface area contributed by atoms with Crippen LogP contribution in [0.15, 0.2) is 42.5 Å². The minimum Gasteiger partial charge on any atom is -0.406 e. The Kier molecular flexibility index (Phi) is 5.98. The molecule has 8 heteroatoms. The monoisotopic (exact) mass is 364 g/mol. The molecule has 3 nitrogen and oxygen atoms in total. The number of ether oxygens (including phenoxy) is 1. The van der Waals surface area contributed by atoms with Crippen molar-refractivity contribution in [2.75, 3.05) is 12.0 Å². The fourth-order valence-electron chi connectivity index (χ4n) is 1.86. The fraction of sp³-hybridized carbons (Fsp3) is 0.200. The van der Waals surface area contributed by atoms with Gasteiger partial charge in [0.1, 0.15) is 5.75 Å². The summed E-state index contributed by atoms with van der Waals surface area (Å²) in [5.41, 5.74) is 7.52. The number of nitrogens with one attached hydrogen (secondary N) is 2. The fourth-order valence-corrected chi connectivity index (χ4v) is 2.38. The van der Waals surface area contributed by atoms with Gasteiger partial charge in [-0.15, -0.1) is 13.2 Å². The third kappa shape index (κ3) is 6.56. The molecule has 0 fully saturated rings. The zero-order chi connectivity index (χ0) is 16.9. The molecular weight excluding hydrogens is 352 g/mol. The Balaban J connectivity index is 1.78. The normalized spacial score (nSPS) is 11.3. The molecule has 0 bridgehead atoms. The van der Waals surface area contributed by atoms with E-state index in [0.717, 1.165) is 11.3 Å². The molecule has 0 spiro atoms. The number of benzene rings is 2. The second-order valence-corrected chi connectivity index (χ2v) is 5.52. The van der Waals surface area contributed by atoms with Gasteiger partial charge in [0.25, 0.3) is 0 Å². The molecule has 0 aliphatic heterocycles. The highest BCUT2D eigenvalue weighted by atomic mass is 35.5. The first-order chi connectivity index (χ1) is 10.8. The third-order valence-electron chi connectivity index (χ3n) is 2.79. The summed E-state index contributed by atoms with van der Waals surface area (Å²) in [4.78, 5) is 0. The van der Waals surface area contributed by atoms with Crippen LogP contribution >= 0.6 is 23.2 Å². The van der Waals surface area contributed by atoms with E-state index in [1.165, 1.54) is 12.1 Å². The average Bonchev–Trinajstić information content (AvgIpc) is 2.43. The van der Waals surface area contributed by atoms with Gasteiger partial charge >= 0.3 is 6.36 Å². The molecule has 0 heterocycles. The largest absolute Gasteiger partial charge is 0.573 e. The van der Waals surface area contributed by atoms with Gasteiger partial charge in [-0.1, -0.05) is 35.3 Å². The Morgan fingerprint density at radius 1 is 0.957 bits per heavy atom. The van der Waals surface area contributed by atoms with Gasteiger partial charge in [-0.3, -0.25) is 0 Å². The highest BCUT2D eigenvalue weighted by molar-refractivity contribution is 6.35. The van der Waals surface area contributed by atoms with Crippen molar-refractivity contribution in [1.29, 1.82) is 0 Å². The highest BCUT2D eigenvalue weighted by Crippen LogP contribution is 2.23. The van der Waals surface area contributed by atoms with Crippen LogP contribution in [0.3, 0.4) is 0 Å². The third-order valence-corrected chi connectivity index (χ3v) is 3.23. The lowest BCUT2D eigenvalue weighted by atomic mass is 10.1. The van der Waals surface area contributed by atoms with Crippen LogP contribution in [0, 0.1) is 0 Å². The number of anilines is 1. The van der Waals surface area contributed by atoms with Crippen molar-refractivity contribution in [3.8, 4) is 5.75 Å². The molecule has 0 aromatic heterocycles. The van der Waals surface area contributed by atoms with Crippen LogP contribution in [0.4, 0.5) is 18.9 Å². The Bertz CT molecular complexity index is 628. The van der Waals surface area contributed by atoms with Crippen molar-refractivity contribution in [3.05, 3.63) is 58.1 Å². The van der Waals surface area contributed by atoms with Crippen molar-refractivity contribution < 1.29 is 17.9 Å². The Labute approximate surface area is 141 Å². The molecular formula is C15H13Cl2F3N2O. The zero-order valence-corrected chi connectivity index (χ0v) is 13.3. The van der Waals surface area contributed by atoms with Crippen LogP contribution in [-0.2, 0) is 6.42 Å². The molecule has 0 saturated carbocycles. The first kappa shape index (κ1) is 17.7. The zero-order valence-electron chi connectivity index (χ0n) is 11.8. The van der Waals surface area contributed by atoms with Crippen LogP contribution in [0.1, 0.15) is 5.56 Å². The average molecular weight is 365 g/mol. The first-order valence-electron chi connectivity index (χ1n) is 6.61.